The van der Waals surface area contributed by atoms with Gasteiger partial charge in [0.15, 0.2) is 5.96 Å². The van der Waals surface area contributed by atoms with E-state index in [4.69, 9.17) is 0 Å². The van der Waals surface area contributed by atoms with Crippen molar-refractivity contribution >= 4 is 17.6 Å². The van der Waals surface area contributed by atoms with Crippen LogP contribution in [0.5, 0.6) is 0 Å². The summed E-state index contributed by atoms with van der Waals surface area (Å²) in [4.78, 5) is 20.5. The van der Waals surface area contributed by atoms with E-state index in [0.717, 1.165) is 31.2 Å². The normalized spacial score (nSPS) is 15.8. The molecule has 0 radical (unpaired) electrons. The van der Waals surface area contributed by atoms with Gasteiger partial charge >= 0.3 is 0 Å². The average molecular weight is 344 g/mol. The third-order valence-electron chi connectivity index (χ3n) is 4.19. The number of carbonyl (C=O) groups is 1. The van der Waals surface area contributed by atoms with Gasteiger partial charge in [-0.05, 0) is 12.0 Å². The molecule has 1 aliphatic heterocycles. The predicted octanol–water partition coefficient (Wildman–Crippen LogP) is -0.380. The van der Waals surface area contributed by atoms with Crippen LogP contribution >= 0.6 is 0 Å². The van der Waals surface area contributed by atoms with Crippen LogP contribution in [0.1, 0.15) is 5.56 Å². The Morgan fingerprint density at radius 1 is 1.20 bits per heavy atom. The summed E-state index contributed by atoms with van der Waals surface area (Å²) in [6.45, 7) is 2.40. The van der Waals surface area contributed by atoms with Crippen LogP contribution in [0.2, 0.25) is 0 Å². The molecule has 0 aliphatic carbocycles. The second-order valence-electron chi connectivity index (χ2n) is 6.09. The lowest BCUT2D eigenvalue weighted by molar-refractivity contribution is -0.120. The molecule has 0 atom stereocenters. The molecule has 1 aliphatic rings. The van der Waals surface area contributed by atoms with Crippen LogP contribution in [0.15, 0.2) is 29.8 Å². The maximum Gasteiger partial charge on any atom is 0.246 e. The SMILES string of the molecule is CN=C(NCCc1cnn(C)c1)N1CCN(c2cnn(C)c2)C(=O)C1. The monoisotopic (exact) mass is 344 g/mol. The van der Waals surface area contributed by atoms with E-state index in [0.29, 0.717) is 13.1 Å². The highest BCUT2D eigenvalue weighted by Crippen LogP contribution is 2.16. The van der Waals surface area contributed by atoms with Gasteiger partial charge in [0.2, 0.25) is 5.91 Å². The largest absolute Gasteiger partial charge is 0.356 e. The summed E-state index contributed by atoms with van der Waals surface area (Å²) in [7, 11) is 5.49. The number of aryl methyl sites for hydroxylation is 2. The van der Waals surface area contributed by atoms with Crippen LogP contribution in [0.3, 0.4) is 0 Å². The maximum absolute atomic E-state index is 12.5. The van der Waals surface area contributed by atoms with Crippen molar-refractivity contribution in [3.05, 3.63) is 30.4 Å². The van der Waals surface area contributed by atoms with Crippen LogP contribution in [-0.4, -0.2) is 69.6 Å². The molecule has 25 heavy (non-hydrogen) atoms. The Bertz CT molecular complexity index is 762. The van der Waals surface area contributed by atoms with Gasteiger partial charge in [0.05, 0.1) is 18.1 Å². The highest BCUT2D eigenvalue weighted by Gasteiger charge is 2.27. The number of amides is 1. The lowest BCUT2D eigenvalue weighted by atomic mass is 10.2. The third kappa shape index (κ3) is 3.98. The van der Waals surface area contributed by atoms with Gasteiger partial charge in [0, 0.05) is 53.2 Å². The number of carbonyl (C=O) groups excluding carboxylic acids is 1. The zero-order valence-corrected chi connectivity index (χ0v) is 14.9. The molecule has 2 aromatic rings. The van der Waals surface area contributed by atoms with E-state index >= 15 is 0 Å². The molecule has 134 valence electrons. The van der Waals surface area contributed by atoms with E-state index in [-0.39, 0.29) is 5.91 Å². The number of rotatable bonds is 4. The minimum atomic E-state index is 0.0504. The lowest BCUT2D eigenvalue weighted by Crippen LogP contribution is -2.55. The van der Waals surface area contributed by atoms with Gasteiger partial charge in [-0.25, -0.2) is 0 Å². The highest BCUT2D eigenvalue weighted by atomic mass is 16.2. The van der Waals surface area contributed by atoms with Crippen molar-refractivity contribution in [2.45, 2.75) is 6.42 Å². The summed E-state index contributed by atoms with van der Waals surface area (Å²) in [6, 6.07) is 0. The average Bonchev–Trinajstić information content (AvgIpc) is 3.20. The molecule has 9 nitrogen and oxygen atoms in total. The number of nitrogens with zero attached hydrogens (tertiary/aromatic N) is 7. The Morgan fingerprint density at radius 2 is 1.96 bits per heavy atom. The van der Waals surface area contributed by atoms with Gasteiger partial charge in [0.25, 0.3) is 0 Å². The van der Waals surface area contributed by atoms with Gasteiger partial charge in [-0.15, -0.1) is 0 Å². The zero-order valence-electron chi connectivity index (χ0n) is 14.9. The molecule has 3 rings (SSSR count). The van der Waals surface area contributed by atoms with Crippen molar-refractivity contribution in [1.29, 1.82) is 0 Å². The summed E-state index contributed by atoms with van der Waals surface area (Å²) in [5.74, 6) is 0.803. The molecule has 0 saturated carbocycles. The van der Waals surface area contributed by atoms with Crippen molar-refractivity contribution in [1.82, 2.24) is 29.8 Å². The third-order valence-corrected chi connectivity index (χ3v) is 4.19. The van der Waals surface area contributed by atoms with E-state index < -0.39 is 0 Å². The van der Waals surface area contributed by atoms with Gasteiger partial charge in [-0.1, -0.05) is 0 Å². The van der Waals surface area contributed by atoms with Crippen LogP contribution in [0.4, 0.5) is 5.69 Å². The number of piperazine rings is 1. The van der Waals surface area contributed by atoms with Gasteiger partial charge in [-0.2, -0.15) is 10.2 Å². The second-order valence-corrected chi connectivity index (χ2v) is 6.09. The van der Waals surface area contributed by atoms with Crippen LogP contribution in [0.25, 0.3) is 0 Å². The summed E-state index contributed by atoms with van der Waals surface area (Å²) in [5.41, 5.74) is 2.01. The fraction of sp³-hybridized carbons (Fsp3) is 0.500. The molecular weight excluding hydrogens is 320 g/mol. The minimum Gasteiger partial charge on any atom is -0.356 e. The molecule has 0 aromatic carbocycles. The first-order valence-electron chi connectivity index (χ1n) is 8.29. The molecule has 0 bridgehead atoms. The van der Waals surface area contributed by atoms with Gasteiger partial charge in [0.1, 0.15) is 6.54 Å². The summed E-state index contributed by atoms with van der Waals surface area (Å²) in [6.07, 6.45) is 8.29. The smallest absolute Gasteiger partial charge is 0.246 e. The Hall–Kier alpha value is -2.84. The Balaban J connectivity index is 1.53. The number of hydrogen-bond acceptors (Lipinski definition) is 4. The Kier molecular flexibility index (Phi) is 5.01. The van der Waals surface area contributed by atoms with Crippen molar-refractivity contribution in [2.75, 3.05) is 38.1 Å². The minimum absolute atomic E-state index is 0.0504. The summed E-state index contributed by atoms with van der Waals surface area (Å²) >= 11 is 0. The molecule has 1 amide bonds. The molecular formula is C16H24N8O. The zero-order chi connectivity index (χ0) is 17.8. The lowest BCUT2D eigenvalue weighted by Gasteiger charge is -2.35. The number of nitrogens with one attached hydrogen (secondary N) is 1. The molecule has 0 spiro atoms. The molecule has 3 heterocycles. The standard InChI is InChI=1S/C16H24N8O/c1-17-16(18-5-4-13-8-19-21(2)10-13)23-6-7-24(15(25)12-23)14-9-20-22(3)11-14/h8-11H,4-7,12H2,1-3H3,(H,17,18). The van der Waals surface area contributed by atoms with Crippen molar-refractivity contribution in [3.8, 4) is 0 Å². The van der Waals surface area contributed by atoms with E-state index in [1.807, 2.05) is 37.6 Å². The molecule has 9 heteroatoms. The van der Waals surface area contributed by atoms with Crippen molar-refractivity contribution < 1.29 is 4.79 Å². The van der Waals surface area contributed by atoms with E-state index in [2.05, 4.69) is 20.5 Å². The Morgan fingerprint density at radius 3 is 2.56 bits per heavy atom. The highest BCUT2D eigenvalue weighted by molar-refractivity contribution is 5.98. The molecule has 2 aromatic heterocycles. The maximum atomic E-state index is 12.5. The van der Waals surface area contributed by atoms with Crippen LogP contribution in [0, 0.1) is 0 Å². The number of aromatic nitrogens is 4. The number of guanidine groups is 1. The molecule has 1 N–H and O–H groups in total. The number of hydrogen-bond donors (Lipinski definition) is 1. The summed E-state index contributed by atoms with van der Waals surface area (Å²) in [5, 5.41) is 11.6. The molecule has 1 saturated heterocycles. The molecule has 1 fully saturated rings. The predicted molar refractivity (Wildman–Crippen MR) is 95.4 cm³/mol. The fourth-order valence-corrected chi connectivity index (χ4v) is 2.93. The quantitative estimate of drug-likeness (QED) is 0.604. The van der Waals surface area contributed by atoms with Gasteiger partial charge < -0.3 is 15.1 Å². The van der Waals surface area contributed by atoms with E-state index in [1.54, 1.807) is 27.5 Å². The first kappa shape index (κ1) is 17.0. The molecule has 0 unspecified atom stereocenters. The first-order chi connectivity index (χ1) is 12.1. The number of anilines is 1. The van der Waals surface area contributed by atoms with E-state index in [1.165, 1.54) is 5.56 Å². The van der Waals surface area contributed by atoms with Crippen LogP contribution < -0.4 is 10.2 Å². The number of aliphatic imine (C=N–C) groups is 1. The van der Waals surface area contributed by atoms with Crippen molar-refractivity contribution in [3.63, 3.8) is 0 Å². The fourth-order valence-electron chi connectivity index (χ4n) is 2.93. The summed E-state index contributed by atoms with van der Waals surface area (Å²) < 4.78 is 3.49. The Labute approximate surface area is 146 Å². The van der Waals surface area contributed by atoms with Gasteiger partial charge in [-0.3, -0.25) is 19.2 Å². The first-order valence-corrected chi connectivity index (χ1v) is 8.29. The van der Waals surface area contributed by atoms with Crippen LogP contribution in [-0.2, 0) is 25.3 Å². The topological polar surface area (TPSA) is 83.6 Å². The van der Waals surface area contributed by atoms with E-state index in [9.17, 15) is 4.79 Å². The van der Waals surface area contributed by atoms with Crippen molar-refractivity contribution in [2.24, 2.45) is 19.1 Å². The second kappa shape index (κ2) is 7.37.